The number of carbonyl (C=O) groups is 1. The number of halogens is 2. The van der Waals surface area contributed by atoms with Gasteiger partial charge in [0.2, 0.25) is 0 Å². The number of aryl methyl sites for hydroxylation is 1. The number of pyridine rings is 1. The van der Waals surface area contributed by atoms with Crippen LogP contribution < -0.4 is 19.7 Å². The molecule has 1 N–H and O–H groups in total. The first-order chi connectivity index (χ1) is 21.6. The van der Waals surface area contributed by atoms with E-state index in [-0.39, 0.29) is 20.8 Å². The molecule has 3 aromatic rings. The molecule has 0 amide bonds. The average molecular weight is 688 g/mol. The van der Waals surface area contributed by atoms with Gasteiger partial charge < -0.3 is 28.9 Å². The minimum absolute atomic E-state index is 0.0509. The number of aldehydes is 1. The fraction of sp³-hybridized carbons (Fsp3) is 0.394. The Morgan fingerprint density at radius 2 is 1.78 bits per heavy atom. The molecule has 0 spiro atoms. The van der Waals surface area contributed by atoms with Crippen molar-refractivity contribution in [1.29, 1.82) is 0 Å². The van der Waals surface area contributed by atoms with E-state index in [1.54, 1.807) is 37.4 Å². The number of ether oxygens (including phenoxy) is 2. The normalized spacial score (nSPS) is 14.8. The van der Waals surface area contributed by atoms with Gasteiger partial charge in [0.05, 0.1) is 34.9 Å². The van der Waals surface area contributed by atoms with E-state index < -0.39 is 19.3 Å². The highest BCUT2D eigenvalue weighted by Gasteiger charge is 2.37. The van der Waals surface area contributed by atoms with Crippen LogP contribution in [-0.4, -0.2) is 57.9 Å². The predicted octanol–water partition coefficient (Wildman–Crippen LogP) is 8.71. The van der Waals surface area contributed by atoms with Crippen LogP contribution in [0.5, 0.6) is 11.5 Å². The molecule has 46 heavy (non-hydrogen) atoms. The van der Waals surface area contributed by atoms with E-state index in [9.17, 15) is 14.9 Å². The summed E-state index contributed by atoms with van der Waals surface area (Å²) in [5.41, 5.74) is 3.36. The first-order valence-electron chi connectivity index (χ1n) is 14.8. The maximum Gasteiger partial charge on any atom is 0.292 e. The first-order valence-corrected chi connectivity index (χ1v) is 18.5. The molecule has 1 aromatic heterocycles. The van der Waals surface area contributed by atoms with Gasteiger partial charge in [-0.05, 0) is 48.7 Å². The summed E-state index contributed by atoms with van der Waals surface area (Å²) in [6.07, 6.45) is 4.96. The second-order valence-electron chi connectivity index (χ2n) is 12.6. The van der Waals surface area contributed by atoms with Crippen molar-refractivity contribution >= 4 is 72.3 Å². The van der Waals surface area contributed by atoms with Crippen molar-refractivity contribution in [2.24, 2.45) is 0 Å². The van der Waals surface area contributed by atoms with Crippen LogP contribution in [0.4, 0.5) is 22.9 Å². The second-order valence-corrected chi connectivity index (χ2v) is 18.2. The number of anilines is 3. The number of aromatic nitrogens is 1. The Morgan fingerprint density at radius 3 is 2.35 bits per heavy atom. The SMILES string of the molecule is COc1cc(OC)c(Cl)c(C2=Cc3cnc(Nc4c(C)cccc4[N+](=O)[O-])cc3N(CCCO[Si](C)(C)C(C)(C)C)C2C=O)c1Cl. The fourth-order valence-electron chi connectivity index (χ4n) is 5.09. The van der Waals surface area contributed by atoms with Crippen LogP contribution in [0.1, 0.15) is 43.9 Å². The lowest BCUT2D eigenvalue weighted by Crippen LogP contribution is -2.43. The van der Waals surface area contributed by atoms with Gasteiger partial charge in [0.15, 0.2) is 8.32 Å². The molecule has 0 aliphatic carbocycles. The lowest BCUT2D eigenvalue weighted by Gasteiger charge is -2.38. The third kappa shape index (κ3) is 7.02. The van der Waals surface area contributed by atoms with Crippen molar-refractivity contribution in [3.63, 3.8) is 0 Å². The summed E-state index contributed by atoms with van der Waals surface area (Å²) in [7, 11) is 0.984. The van der Waals surface area contributed by atoms with Gasteiger partial charge in [-0.3, -0.25) is 10.1 Å². The monoisotopic (exact) mass is 686 g/mol. The first kappa shape index (κ1) is 35.2. The summed E-state index contributed by atoms with van der Waals surface area (Å²) in [6, 6.07) is 7.46. The molecule has 1 aliphatic heterocycles. The number of para-hydroxylation sites is 1. The summed E-state index contributed by atoms with van der Waals surface area (Å²) in [5, 5.41) is 15.4. The number of nitro benzene ring substituents is 1. The largest absolute Gasteiger partial charge is 0.495 e. The molecule has 0 bridgehead atoms. The highest BCUT2D eigenvalue weighted by molar-refractivity contribution is 6.74. The number of methoxy groups -OCH3 is 2. The molecule has 13 heteroatoms. The average Bonchev–Trinajstić information content (AvgIpc) is 2.99. The zero-order chi connectivity index (χ0) is 34.0. The van der Waals surface area contributed by atoms with Gasteiger partial charge in [-0.2, -0.15) is 0 Å². The lowest BCUT2D eigenvalue weighted by atomic mass is 9.90. The Kier molecular flexibility index (Phi) is 10.7. The third-order valence-electron chi connectivity index (χ3n) is 8.69. The number of nitrogens with zero attached hydrogens (tertiary/aromatic N) is 3. The van der Waals surface area contributed by atoms with E-state index in [2.05, 4.69) is 44.2 Å². The Balaban J connectivity index is 1.82. The zero-order valence-electron chi connectivity index (χ0n) is 27.4. The Morgan fingerprint density at radius 1 is 1.13 bits per heavy atom. The van der Waals surface area contributed by atoms with Crippen LogP contribution in [-0.2, 0) is 9.22 Å². The van der Waals surface area contributed by atoms with Crippen LogP contribution in [0.25, 0.3) is 11.6 Å². The molecular weight excluding hydrogens is 647 g/mol. The molecular formula is C33H40Cl2N4O6Si. The molecule has 246 valence electrons. The molecule has 1 aliphatic rings. The maximum absolute atomic E-state index is 13.0. The van der Waals surface area contributed by atoms with Crippen molar-refractivity contribution in [3.05, 3.63) is 73.4 Å². The van der Waals surface area contributed by atoms with E-state index in [1.165, 1.54) is 20.3 Å². The summed E-state index contributed by atoms with van der Waals surface area (Å²) < 4.78 is 17.5. The molecule has 10 nitrogen and oxygen atoms in total. The van der Waals surface area contributed by atoms with E-state index in [0.717, 1.165) is 6.29 Å². The Hall–Kier alpha value is -3.64. The molecule has 0 fully saturated rings. The van der Waals surface area contributed by atoms with Gasteiger partial charge in [-0.1, -0.05) is 56.1 Å². The Bertz CT molecular complexity index is 1650. The fourth-order valence-corrected chi connectivity index (χ4v) is 6.90. The quantitative estimate of drug-likeness (QED) is 0.0656. The molecule has 2 heterocycles. The van der Waals surface area contributed by atoms with Crippen molar-refractivity contribution in [2.45, 2.75) is 58.3 Å². The summed E-state index contributed by atoms with van der Waals surface area (Å²) >= 11 is 13.7. The van der Waals surface area contributed by atoms with Gasteiger partial charge >= 0.3 is 0 Å². The van der Waals surface area contributed by atoms with Gasteiger partial charge in [-0.15, -0.1) is 0 Å². The van der Waals surface area contributed by atoms with Gasteiger partial charge in [0.25, 0.3) is 5.69 Å². The molecule has 0 saturated carbocycles. The molecule has 0 radical (unpaired) electrons. The standard InChI is InChI=1S/C33H40Cl2N4O6Si/c1-20-11-9-12-23(39(41)42)32(20)37-28-16-24-21(18-36-28)15-22(29-30(34)26(43-5)17-27(44-6)31(29)35)25(19-40)38(24)13-10-14-45-46(7,8)33(2,3)4/h9,11-12,15-19,25H,10,13-14H2,1-8H3,(H,36,37). The van der Waals surface area contributed by atoms with Crippen LogP contribution in [0.15, 0.2) is 36.5 Å². The van der Waals surface area contributed by atoms with E-state index >= 15 is 0 Å². The predicted molar refractivity (Wildman–Crippen MR) is 188 cm³/mol. The van der Waals surface area contributed by atoms with Crippen LogP contribution in [0.2, 0.25) is 28.2 Å². The second kappa shape index (κ2) is 14.0. The van der Waals surface area contributed by atoms with Crippen LogP contribution in [0, 0.1) is 17.0 Å². The number of hydrogen-bond acceptors (Lipinski definition) is 9. The van der Waals surface area contributed by atoms with Gasteiger partial charge in [-0.25, -0.2) is 4.98 Å². The molecule has 4 rings (SSSR count). The molecule has 1 unspecified atom stereocenters. The van der Waals surface area contributed by atoms with Gasteiger partial charge in [0, 0.05) is 48.7 Å². The molecule has 2 aromatic carbocycles. The molecule has 1 atom stereocenters. The van der Waals surface area contributed by atoms with Crippen LogP contribution in [0.3, 0.4) is 0 Å². The number of nitrogens with one attached hydrogen (secondary N) is 1. The number of nitro groups is 1. The summed E-state index contributed by atoms with van der Waals surface area (Å²) in [5.74, 6) is 1.08. The summed E-state index contributed by atoms with van der Waals surface area (Å²) in [6.45, 7) is 13.7. The van der Waals surface area contributed by atoms with Crippen molar-refractivity contribution in [2.75, 3.05) is 37.6 Å². The lowest BCUT2D eigenvalue weighted by molar-refractivity contribution is -0.384. The van der Waals surface area contributed by atoms with Crippen LogP contribution >= 0.6 is 23.2 Å². The van der Waals surface area contributed by atoms with E-state index in [1.807, 2.05) is 11.0 Å². The number of hydrogen-bond donors (Lipinski definition) is 1. The zero-order valence-corrected chi connectivity index (χ0v) is 29.9. The number of carbonyl (C=O) groups excluding carboxylic acids is 1. The smallest absolute Gasteiger partial charge is 0.292 e. The number of rotatable bonds is 12. The molecule has 0 saturated heterocycles. The topological polar surface area (TPSA) is 116 Å². The number of fused-ring (bicyclic) bond motifs is 1. The van der Waals surface area contributed by atoms with Crippen molar-refractivity contribution in [1.82, 2.24) is 4.98 Å². The van der Waals surface area contributed by atoms with E-state index in [4.69, 9.17) is 37.1 Å². The highest BCUT2D eigenvalue weighted by atomic mass is 35.5. The minimum Gasteiger partial charge on any atom is -0.495 e. The Labute approximate surface area is 280 Å². The maximum atomic E-state index is 13.0. The third-order valence-corrected chi connectivity index (χ3v) is 14.0. The van der Waals surface area contributed by atoms with Crippen molar-refractivity contribution in [3.8, 4) is 11.5 Å². The minimum atomic E-state index is -2.00. The highest BCUT2D eigenvalue weighted by Crippen LogP contribution is 2.48. The van der Waals surface area contributed by atoms with Crippen molar-refractivity contribution < 1.29 is 23.6 Å². The van der Waals surface area contributed by atoms with Gasteiger partial charge in [0.1, 0.15) is 35.3 Å². The summed E-state index contributed by atoms with van der Waals surface area (Å²) in [4.78, 5) is 30.9. The van der Waals surface area contributed by atoms with E-state index in [0.29, 0.717) is 70.5 Å². The number of benzene rings is 2.